The third-order valence-corrected chi connectivity index (χ3v) is 4.35. The fourth-order valence-corrected chi connectivity index (χ4v) is 2.65. The Labute approximate surface area is 174 Å². The summed E-state index contributed by atoms with van der Waals surface area (Å²) >= 11 is 2.23. The monoisotopic (exact) mass is 491 g/mol. The van der Waals surface area contributed by atoms with Gasteiger partial charge in [0, 0.05) is 14.7 Å². The summed E-state index contributed by atoms with van der Waals surface area (Å²) in [5, 5.41) is 6.19. The molecular formula is C20H15FIN3O3. The molecule has 0 aliphatic heterocycles. The van der Waals surface area contributed by atoms with Crippen LogP contribution in [0.2, 0.25) is 0 Å². The highest BCUT2D eigenvalue weighted by Crippen LogP contribution is 2.22. The van der Waals surface area contributed by atoms with Crippen LogP contribution in [-0.4, -0.2) is 24.6 Å². The first-order valence-electron chi connectivity index (χ1n) is 8.23. The average Bonchev–Trinajstić information content (AvgIpc) is 3.15. The van der Waals surface area contributed by atoms with Gasteiger partial charge in [-0.05, 0) is 65.1 Å². The van der Waals surface area contributed by atoms with E-state index in [-0.39, 0.29) is 12.1 Å². The second kappa shape index (κ2) is 9.27. The Bertz CT molecular complexity index is 1020. The number of hydrogen-bond acceptors (Lipinski definition) is 4. The SMILES string of the molecule is O=C(CNC(=O)c1cccc(F)c1)N/N=C/c1ccc(-c2ccc(I)cc2)o1. The maximum Gasteiger partial charge on any atom is 0.259 e. The summed E-state index contributed by atoms with van der Waals surface area (Å²) in [5.74, 6) is -0.439. The van der Waals surface area contributed by atoms with Crippen molar-refractivity contribution in [1.82, 2.24) is 10.7 Å². The number of hydrogen-bond donors (Lipinski definition) is 2. The molecule has 2 amide bonds. The second-order valence-corrected chi connectivity index (χ2v) is 6.94. The smallest absolute Gasteiger partial charge is 0.259 e. The molecule has 8 heteroatoms. The van der Waals surface area contributed by atoms with E-state index in [0.29, 0.717) is 11.5 Å². The average molecular weight is 491 g/mol. The van der Waals surface area contributed by atoms with Crippen LogP contribution >= 0.6 is 22.6 Å². The zero-order valence-electron chi connectivity index (χ0n) is 14.5. The summed E-state index contributed by atoms with van der Waals surface area (Å²) in [6.07, 6.45) is 1.36. The number of hydrazone groups is 1. The van der Waals surface area contributed by atoms with Crippen molar-refractivity contribution in [2.45, 2.75) is 0 Å². The number of halogens is 2. The predicted octanol–water partition coefficient (Wildman–Crippen LogP) is 3.57. The standard InChI is InChI=1S/C20H15FIN3O3/c21-15-3-1-2-14(10-15)20(27)23-12-19(26)25-24-11-17-8-9-18(28-17)13-4-6-16(22)7-5-13/h1-11H,12H2,(H,23,27)(H,25,26)/b24-11+. The van der Waals surface area contributed by atoms with E-state index in [2.05, 4.69) is 38.4 Å². The number of nitrogens with one attached hydrogen (secondary N) is 2. The van der Waals surface area contributed by atoms with Crippen LogP contribution in [0.1, 0.15) is 16.1 Å². The van der Waals surface area contributed by atoms with Gasteiger partial charge in [-0.25, -0.2) is 9.82 Å². The zero-order valence-corrected chi connectivity index (χ0v) is 16.6. The van der Waals surface area contributed by atoms with E-state index < -0.39 is 17.6 Å². The van der Waals surface area contributed by atoms with Crippen LogP contribution in [0, 0.1) is 9.39 Å². The summed E-state index contributed by atoms with van der Waals surface area (Å²) in [5.41, 5.74) is 3.36. The minimum atomic E-state index is -0.549. The fraction of sp³-hybridized carbons (Fsp3) is 0.0500. The molecule has 0 saturated heterocycles. The maximum atomic E-state index is 13.1. The van der Waals surface area contributed by atoms with Gasteiger partial charge in [-0.15, -0.1) is 0 Å². The lowest BCUT2D eigenvalue weighted by molar-refractivity contribution is -0.120. The van der Waals surface area contributed by atoms with Crippen LogP contribution in [0.5, 0.6) is 0 Å². The minimum absolute atomic E-state index is 0.134. The quantitative estimate of drug-likeness (QED) is 0.314. The Morgan fingerprint density at radius 1 is 1.11 bits per heavy atom. The maximum absolute atomic E-state index is 13.1. The molecule has 0 radical (unpaired) electrons. The molecule has 0 spiro atoms. The van der Waals surface area contributed by atoms with Gasteiger partial charge in [0.15, 0.2) is 0 Å². The third kappa shape index (κ3) is 5.49. The van der Waals surface area contributed by atoms with E-state index >= 15 is 0 Å². The van der Waals surface area contributed by atoms with Crippen molar-refractivity contribution < 1.29 is 18.4 Å². The highest BCUT2D eigenvalue weighted by atomic mass is 127. The van der Waals surface area contributed by atoms with Gasteiger partial charge in [-0.1, -0.05) is 18.2 Å². The van der Waals surface area contributed by atoms with Gasteiger partial charge in [-0.3, -0.25) is 9.59 Å². The molecule has 6 nitrogen and oxygen atoms in total. The Hall–Kier alpha value is -3.01. The number of carbonyl (C=O) groups is 2. The molecule has 2 N–H and O–H groups in total. The van der Waals surface area contributed by atoms with Crippen molar-refractivity contribution in [1.29, 1.82) is 0 Å². The lowest BCUT2D eigenvalue weighted by Crippen LogP contribution is -2.34. The van der Waals surface area contributed by atoms with Crippen molar-refractivity contribution >= 4 is 40.6 Å². The second-order valence-electron chi connectivity index (χ2n) is 5.70. The molecule has 0 bridgehead atoms. The van der Waals surface area contributed by atoms with Crippen molar-refractivity contribution in [3.63, 3.8) is 0 Å². The van der Waals surface area contributed by atoms with Gasteiger partial charge in [0.25, 0.3) is 11.8 Å². The number of amides is 2. The van der Waals surface area contributed by atoms with Crippen LogP contribution in [0.4, 0.5) is 4.39 Å². The summed E-state index contributed by atoms with van der Waals surface area (Å²) in [4.78, 5) is 23.6. The molecule has 1 aromatic heterocycles. The Balaban J connectivity index is 1.48. The molecule has 2 aromatic carbocycles. The number of carbonyl (C=O) groups excluding carboxylic acids is 2. The number of nitrogens with zero attached hydrogens (tertiary/aromatic N) is 1. The summed E-state index contributed by atoms with van der Waals surface area (Å²) < 4.78 is 19.9. The molecule has 1 heterocycles. The number of furan rings is 1. The van der Waals surface area contributed by atoms with E-state index in [0.717, 1.165) is 15.2 Å². The molecule has 28 heavy (non-hydrogen) atoms. The first kappa shape index (κ1) is 19.7. The molecule has 0 saturated carbocycles. The van der Waals surface area contributed by atoms with E-state index in [4.69, 9.17) is 4.42 Å². The van der Waals surface area contributed by atoms with Crippen molar-refractivity contribution in [2.75, 3.05) is 6.54 Å². The number of benzene rings is 2. The molecule has 3 aromatic rings. The summed E-state index contributed by atoms with van der Waals surface area (Å²) in [6.45, 7) is -0.293. The number of rotatable bonds is 6. The first-order valence-corrected chi connectivity index (χ1v) is 9.30. The van der Waals surface area contributed by atoms with E-state index in [1.165, 1.54) is 24.4 Å². The highest BCUT2D eigenvalue weighted by Gasteiger charge is 2.08. The molecule has 0 aliphatic rings. The third-order valence-electron chi connectivity index (χ3n) is 3.63. The van der Waals surface area contributed by atoms with Crippen molar-refractivity contribution in [3.05, 3.63) is 81.4 Å². The minimum Gasteiger partial charge on any atom is -0.455 e. The molecule has 0 unspecified atom stereocenters. The Morgan fingerprint density at radius 2 is 1.89 bits per heavy atom. The van der Waals surface area contributed by atoms with Crippen molar-refractivity contribution in [2.24, 2.45) is 5.10 Å². The van der Waals surface area contributed by atoms with E-state index in [1.54, 1.807) is 6.07 Å². The lowest BCUT2D eigenvalue weighted by atomic mass is 10.2. The molecule has 142 valence electrons. The van der Waals surface area contributed by atoms with Gasteiger partial charge in [0.05, 0.1) is 12.8 Å². The van der Waals surface area contributed by atoms with E-state index in [1.807, 2.05) is 30.3 Å². The zero-order chi connectivity index (χ0) is 19.9. The summed E-state index contributed by atoms with van der Waals surface area (Å²) in [6, 6.07) is 16.6. The highest BCUT2D eigenvalue weighted by molar-refractivity contribution is 14.1. The van der Waals surface area contributed by atoms with Gasteiger partial charge in [0.1, 0.15) is 17.3 Å². The first-order chi connectivity index (χ1) is 13.5. The van der Waals surface area contributed by atoms with Gasteiger partial charge < -0.3 is 9.73 Å². The largest absolute Gasteiger partial charge is 0.455 e. The van der Waals surface area contributed by atoms with Crippen LogP contribution in [0.15, 0.2) is 70.2 Å². The van der Waals surface area contributed by atoms with Crippen LogP contribution in [0.25, 0.3) is 11.3 Å². The predicted molar refractivity (Wildman–Crippen MR) is 111 cm³/mol. The fourth-order valence-electron chi connectivity index (χ4n) is 2.29. The Morgan fingerprint density at radius 3 is 2.64 bits per heavy atom. The topological polar surface area (TPSA) is 83.7 Å². The molecule has 3 rings (SSSR count). The normalized spacial score (nSPS) is 10.8. The molecular weight excluding hydrogens is 476 g/mol. The van der Waals surface area contributed by atoms with Gasteiger partial charge >= 0.3 is 0 Å². The summed E-state index contributed by atoms with van der Waals surface area (Å²) in [7, 11) is 0. The van der Waals surface area contributed by atoms with Gasteiger partial charge in [0.2, 0.25) is 0 Å². The van der Waals surface area contributed by atoms with Crippen LogP contribution in [-0.2, 0) is 4.79 Å². The lowest BCUT2D eigenvalue weighted by Gasteiger charge is -2.04. The van der Waals surface area contributed by atoms with E-state index in [9.17, 15) is 14.0 Å². The Kier molecular flexibility index (Phi) is 6.53. The van der Waals surface area contributed by atoms with Gasteiger partial charge in [-0.2, -0.15) is 5.10 Å². The molecule has 0 aliphatic carbocycles. The van der Waals surface area contributed by atoms with Crippen LogP contribution < -0.4 is 10.7 Å². The van der Waals surface area contributed by atoms with Crippen molar-refractivity contribution in [3.8, 4) is 11.3 Å². The molecule has 0 fully saturated rings. The molecule has 0 atom stereocenters. The van der Waals surface area contributed by atoms with Crippen LogP contribution in [0.3, 0.4) is 0 Å².